The number of nitrogens with one attached hydrogen (secondary N) is 1. The molecular formula is C17H18N4O3. The van der Waals surface area contributed by atoms with Crippen molar-refractivity contribution in [2.75, 3.05) is 25.5 Å². The summed E-state index contributed by atoms with van der Waals surface area (Å²) in [6.07, 6.45) is 2.70. The number of likely N-dealkylation sites (tertiary alicyclic amines) is 1. The van der Waals surface area contributed by atoms with Crippen molar-refractivity contribution in [3.8, 4) is 17.0 Å². The maximum Gasteiger partial charge on any atom is 0.245 e. The third kappa shape index (κ3) is 3.51. The zero-order valence-electron chi connectivity index (χ0n) is 13.4. The number of aromatic nitrogens is 2. The van der Waals surface area contributed by atoms with Crippen LogP contribution in [0.3, 0.4) is 0 Å². The van der Waals surface area contributed by atoms with E-state index >= 15 is 0 Å². The van der Waals surface area contributed by atoms with Crippen LogP contribution in [0.25, 0.3) is 11.3 Å². The van der Waals surface area contributed by atoms with Crippen LogP contribution in [-0.2, 0) is 9.59 Å². The topological polar surface area (TPSA) is 84.4 Å². The number of amides is 2. The van der Waals surface area contributed by atoms with Gasteiger partial charge in [0.05, 0.1) is 19.3 Å². The lowest BCUT2D eigenvalue weighted by Crippen LogP contribution is -2.34. The first-order chi connectivity index (χ1) is 11.7. The van der Waals surface area contributed by atoms with Gasteiger partial charge < -0.3 is 15.0 Å². The summed E-state index contributed by atoms with van der Waals surface area (Å²) in [4.78, 5) is 33.5. The summed E-state index contributed by atoms with van der Waals surface area (Å²) >= 11 is 0. The number of methoxy groups -OCH3 is 1. The zero-order valence-corrected chi connectivity index (χ0v) is 13.4. The van der Waals surface area contributed by atoms with E-state index in [1.165, 1.54) is 6.33 Å². The van der Waals surface area contributed by atoms with Gasteiger partial charge in [0, 0.05) is 24.6 Å². The summed E-state index contributed by atoms with van der Waals surface area (Å²) in [6.45, 7) is 0.676. The number of anilines is 1. The minimum Gasteiger partial charge on any atom is -0.496 e. The third-order valence-corrected chi connectivity index (χ3v) is 3.82. The van der Waals surface area contributed by atoms with E-state index in [9.17, 15) is 9.59 Å². The van der Waals surface area contributed by atoms with Gasteiger partial charge in [0.15, 0.2) is 0 Å². The van der Waals surface area contributed by atoms with Gasteiger partial charge >= 0.3 is 0 Å². The first kappa shape index (κ1) is 15.9. The maximum atomic E-state index is 12.1. The van der Waals surface area contributed by atoms with Crippen molar-refractivity contribution in [1.29, 1.82) is 0 Å². The molecule has 1 aliphatic heterocycles. The highest BCUT2D eigenvalue weighted by Gasteiger charge is 2.22. The van der Waals surface area contributed by atoms with E-state index in [1.54, 1.807) is 18.1 Å². The quantitative estimate of drug-likeness (QED) is 0.904. The number of hydrogen-bond donors (Lipinski definition) is 1. The molecule has 3 rings (SSSR count). The fourth-order valence-electron chi connectivity index (χ4n) is 2.66. The molecular weight excluding hydrogens is 308 g/mol. The molecule has 1 saturated heterocycles. The third-order valence-electron chi connectivity index (χ3n) is 3.82. The lowest BCUT2D eigenvalue weighted by atomic mass is 10.1. The van der Waals surface area contributed by atoms with Gasteiger partial charge in [-0.25, -0.2) is 9.97 Å². The van der Waals surface area contributed by atoms with Gasteiger partial charge in [0.2, 0.25) is 11.8 Å². The lowest BCUT2D eigenvalue weighted by molar-refractivity contribution is -0.131. The molecule has 2 aromatic rings. The van der Waals surface area contributed by atoms with Crippen molar-refractivity contribution in [2.24, 2.45) is 0 Å². The Morgan fingerprint density at radius 3 is 2.92 bits per heavy atom. The molecule has 1 aromatic heterocycles. The largest absolute Gasteiger partial charge is 0.496 e. The Hall–Kier alpha value is -2.96. The monoisotopic (exact) mass is 326 g/mol. The molecule has 0 saturated carbocycles. The van der Waals surface area contributed by atoms with E-state index < -0.39 is 0 Å². The van der Waals surface area contributed by atoms with Crippen LogP contribution in [0.2, 0.25) is 0 Å². The van der Waals surface area contributed by atoms with Gasteiger partial charge in [0.1, 0.15) is 17.9 Å². The molecule has 0 aliphatic carbocycles. The predicted octanol–water partition coefficient (Wildman–Crippen LogP) is 1.71. The summed E-state index contributed by atoms with van der Waals surface area (Å²) in [5.41, 5.74) is 1.46. The van der Waals surface area contributed by atoms with Crippen LogP contribution in [-0.4, -0.2) is 46.9 Å². The first-order valence-electron chi connectivity index (χ1n) is 7.70. The highest BCUT2D eigenvalue weighted by atomic mass is 16.5. The second-order valence-electron chi connectivity index (χ2n) is 5.46. The molecule has 24 heavy (non-hydrogen) atoms. The molecule has 0 radical (unpaired) electrons. The summed E-state index contributed by atoms with van der Waals surface area (Å²) in [5.74, 6) is 0.830. The summed E-state index contributed by atoms with van der Waals surface area (Å²) in [6, 6.07) is 9.17. The standard InChI is InChI=1S/C17H18N4O3/c1-24-14-6-3-2-5-12(14)13-9-15(19-11-18-13)20-16(22)10-21-8-4-7-17(21)23/h2-3,5-6,9,11H,4,7-8,10H2,1H3,(H,18,19,20,22). The number of ether oxygens (including phenoxy) is 1. The smallest absolute Gasteiger partial charge is 0.245 e. The second kappa shape index (κ2) is 7.08. The average Bonchev–Trinajstić information content (AvgIpc) is 2.99. The molecule has 0 unspecified atom stereocenters. The summed E-state index contributed by atoms with van der Waals surface area (Å²) in [7, 11) is 1.59. The summed E-state index contributed by atoms with van der Waals surface area (Å²) in [5, 5.41) is 2.71. The van der Waals surface area contributed by atoms with Crippen LogP contribution < -0.4 is 10.1 Å². The lowest BCUT2D eigenvalue weighted by Gasteiger charge is -2.15. The SMILES string of the molecule is COc1ccccc1-c1cc(NC(=O)CN2CCCC2=O)ncn1. The van der Waals surface area contributed by atoms with Gasteiger partial charge in [-0.15, -0.1) is 0 Å². The highest BCUT2D eigenvalue weighted by molar-refractivity contribution is 5.94. The minimum absolute atomic E-state index is 0.0162. The van der Waals surface area contributed by atoms with Crippen LogP contribution in [0, 0.1) is 0 Å². The zero-order chi connectivity index (χ0) is 16.9. The molecule has 2 amide bonds. The van der Waals surface area contributed by atoms with Crippen molar-refractivity contribution in [3.05, 3.63) is 36.7 Å². The first-order valence-corrected chi connectivity index (χ1v) is 7.70. The number of rotatable bonds is 5. The summed E-state index contributed by atoms with van der Waals surface area (Å²) < 4.78 is 5.33. The minimum atomic E-state index is -0.269. The number of carbonyl (C=O) groups is 2. The molecule has 1 N–H and O–H groups in total. The van der Waals surface area contributed by atoms with Gasteiger partial charge in [-0.3, -0.25) is 9.59 Å². The average molecular weight is 326 g/mol. The number of hydrogen-bond acceptors (Lipinski definition) is 5. The molecule has 1 fully saturated rings. The van der Waals surface area contributed by atoms with Crippen molar-refractivity contribution in [3.63, 3.8) is 0 Å². The Morgan fingerprint density at radius 1 is 1.33 bits per heavy atom. The van der Waals surface area contributed by atoms with E-state index in [0.717, 1.165) is 12.0 Å². The Labute approximate surface area is 139 Å². The van der Waals surface area contributed by atoms with E-state index in [-0.39, 0.29) is 18.4 Å². The van der Waals surface area contributed by atoms with E-state index in [0.29, 0.717) is 30.2 Å². The van der Waals surface area contributed by atoms with Gasteiger partial charge in [-0.1, -0.05) is 12.1 Å². The number of carbonyl (C=O) groups excluding carboxylic acids is 2. The molecule has 0 atom stereocenters. The maximum absolute atomic E-state index is 12.1. The fourth-order valence-corrected chi connectivity index (χ4v) is 2.66. The molecule has 124 valence electrons. The Morgan fingerprint density at radius 2 is 2.17 bits per heavy atom. The van der Waals surface area contributed by atoms with Crippen molar-refractivity contribution in [2.45, 2.75) is 12.8 Å². The molecule has 7 heteroatoms. The second-order valence-corrected chi connectivity index (χ2v) is 5.46. The van der Waals surface area contributed by atoms with Crippen molar-refractivity contribution < 1.29 is 14.3 Å². The predicted molar refractivity (Wildman–Crippen MR) is 88.5 cm³/mol. The van der Waals surface area contributed by atoms with E-state index in [2.05, 4.69) is 15.3 Å². The van der Waals surface area contributed by atoms with Crippen LogP contribution in [0.5, 0.6) is 5.75 Å². The van der Waals surface area contributed by atoms with Crippen LogP contribution >= 0.6 is 0 Å². The van der Waals surface area contributed by atoms with E-state index in [4.69, 9.17) is 4.74 Å². The highest BCUT2D eigenvalue weighted by Crippen LogP contribution is 2.28. The van der Waals surface area contributed by atoms with Crippen LogP contribution in [0.4, 0.5) is 5.82 Å². The molecule has 1 aliphatic rings. The Balaban J connectivity index is 1.73. The molecule has 1 aromatic carbocycles. The number of nitrogens with zero attached hydrogens (tertiary/aromatic N) is 3. The molecule has 2 heterocycles. The van der Waals surface area contributed by atoms with Crippen LogP contribution in [0.1, 0.15) is 12.8 Å². The van der Waals surface area contributed by atoms with Gasteiger partial charge in [-0.2, -0.15) is 0 Å². The molecule has 0 spiro atoms. The molecule has 0 bridgehead atoms. The number of para-hydroxylation sites is 1. The van der Waals surface area contributed by atoms with Crippen LogP contribution in [0.15, 0.2) is 36.7 Å². The number of benzene rings is 1. The fraction of sp³-hybridized carbons (Fsp3) is 0.294. The van der Waals surface area contributed by atoms with E-state index in [1.807, 2.05) is 24.3 Å². The van der Waals surface area contributed by atoms with Gasteiger partial charge in [-0.05, 0) is 18.6 Å². The normalized spacial score (nSPS) is 13.9. The van der Waals surface area contributed by atoms with Gasteiger partial charge in [0.25, 0.3) is 0 Å². The Kier molecular flexibility index (Phi) is 4.69. The Bertz CT molecular complexity index is 763. The van der Waals surface area contributed by atoms with Crippen molar-refractivity contribution >= 4 is 17.6 Å². The van der Waals surface area contributed by atoms with Crippen molar-refractivity contribution in [1.82, 2.24) is 14.9 Å². The molecule has 7 nitrogen and oxygen atoms in total.